The molecule has 0 spiro atoms. The highest BCUT2D eigenvalue weighted by Crippen LogP contribution is 2.21. The van der Waals surface area contributed by atoms with Gasteiger partial charge in [-0.1, -0.05) is 29.3 Å². The fraction of sp³-hybridized carbons (Fsp3) is 0.357. The zero-order valence-corrected chi connectivity index (χ0v) is 14.9. The summed E-state index contributed by atoms with van der Waals surface area (Å²) in [6, 6.07) is 5.35. The Morgan fingerprint density at radius 3 is 2.96 bits per heavy atom. The molecule has 0 saturated carbocycles. The Morgan fingerprint density at radius 2 is 2.22 bits per heavy atom. The second kappa shape index (κ2) is 9.02. The molecule has 0 radical (unpaired) electrons. The third-order valence-electron chi connectivity index (χ3n) is 2.92. The molecule has 0 saturated heterocycles. The van der Waals surface area contributed by atoms with Gasteiger partial charge < -0.3 is 10.1 Å². The van der Waals surface area contributed by atoms with Gasteiger partial charge in [-0.25, -0.2) is 9.67 Å². The summed E-state index contributed by atoms with van der Waals surface area (Å²) < 4.78 is 6.64. The Hall–Kier alpha value is -1.41. The van der Waals surface area contributed by atoms with Crippen LogP contribution < -0.4 is 10.6 Å². The van der Waals surface area contributed by atoms with E-state index in [9.17, 15) is 0 Å². The van der Waals surface area contributed by atoms with Crippen LogP contribution in [-0.2, 0) is 11.3 Å². The van der Waals surface area contributed by atoms with Gasteiger partial charge in [0, 0.05) is 30.3 Å². The van der Waals surface area contributed by atoms with E-state index in [4.69, 9.17) is 40.2 Å². The predicted molar refractivity (Wildman–Crippen MR) is 96.3 cm³/mol. The summed E-state index contributed by atoms with van der Waals surface area (Å²) in [6.45, 7) is 1.91. The van der Waals surface area contributed by atoms with Crippen LogP contribution in [0.2, 0.25) is 10.0 Å². The molecule has 0 amide bonds. The predicted octanol–water partition coefficient (Wildman–Crippen LogP) is 2.96. The van der Waals surface area contributed by atoms with E-state index in [1.165, 1.54) is 0 Å². The highest BCUT2D eigenvalue weighted by atomic mass is 35.5. The number of rotatable bonds is 7. The van der Waals surface area contributed by atoms with Crippen molar-refractivity contribution >= 4 is 46.5 Å². The van der Waals surface area contributed by atoms with E-state index >= 15 is 0 Å². The maximum atomic E-state index is 6.15. The van der Waals surface area contributed by atoms with Gasteiger partial charge in [-0.2, -0.15) is 0 Å². The second-order valence-corrected chi connectivity index (χ2v) is 5.98. The van der Waals surface area contributed by atoms with Crippen molar-refractivity contribution < 1.29 is 4.74 Å². The Balaban J connectivity index is 1.86. The van der Waals surface area contributed by atoms with E-state index in [1.54, 1.807) is 30.3 Å². The third-order valence-corrected chi connectivity index (χ3v) is 3.75. The zero-order chi connectivity index (χ0) is 16.7. The Kier molecular flexibility index (Phi) is 7.04. The van der Waals surface area contributed by atoms with E-state index in [2.05, 4.69) is 20.7 Å². The minimum atomic E-state index is 0.430. The van der Waals surface area contributed by atoms with Gasteiger partial charge in [0.1, 0.15) is 6.33 Å². The van der Waals surface area contributed by atoms with Crippen molar-refractivity contribution in [1.82, 2.24) is 20.1 Å². The number of hydrogen-bond donors (Lipinski definition) is 2. The molecule has 0 atom stereocenters. The summed E-state index contributed by atoms with van der Waals surface area (Å²) >= 11 is 17.2. The molecule has 2 rings (SSSR count). The molecule has 0 fully saturated rings. The van der Waals surface area contributed by atoms with Crippen LogP contribution in [0.25, 0.3) is 0 Å². The molecule has 0 aliphatic rings. The van der Waals surface area contributed by atoms with E-state index in [-0.39, 0.29) is 0 Å². The smallest absolute Gasteiger partial charge is 0.248 e. The van der Waals surface area contributed by atoms with Gasteiger partial charge in [0.25, 0.3) is 0 Å². The minimum absolute atomic E-state index is 0.430. The van der Waals surface area contributed by atoms with Gasteiger partial charge in [-0.05, 0) is 36.3 Å². The molecule has 2 N–H and O–H groups in total. The van der Waals surface area contributed by atoms with Crippen molar-refractivity contribution in [3.63, 3.8) is 0 Å². The average Bonchev–Trinajstić information content (AvgIpc) is 2.94. The second-order valence-electron chi connectivity index (χ2n) is 4.73. The quantitative estimate of drug-likeness (QED) is 0.574. The number of nitrogens with zero attached hydrogens (tertiary/aromatic N) is 3. The van der Waals surface area contributed by atoms with Crippen LogP contribution in [0.5, 0.6) is 0 Å². The molecule has 1 aromatic carbocycles. The lowest BCUT2D eigenvalue weighted by Gasteiger charge is -2.07. The van der Waals surface area contributed by atoms with Crippen LogP contribution in [-0.4, -0.2) is 40.1 Å². The summed E-state index contributed by atoms with van der Waals surface area (Å²) in [4.78, 5) is 4.16. The third kappa shape index (κ3) is 5.95. The number of thiocarbonyl (C=S) groups is 1. The first-order chi connectivity index (χ1) is 11.1. The topological polar surface area (TPSA) is 64.0 Å². The van der Waals surface area contributed by atoms with Crippen LogP contribution in [0.15, 0.2) is 24.5 Å². The van der Waals surface area contributed by atoms with Crippen LogP contribution >= 0.6 is 35.4 Å². The van der Waals surface area contributed by atoms with E-state index in [0.717, 1.165) is 18.5 Å². The highest BCUT2D eigenvalue weighted by molar-refractivity contribution is 7.80. The molecule has 9 heteroatoms. The number of halogens is 2. The number of methoxy groups -OCH3 is 1. The molecule has 1 aromatic heterocycles. The largest absolute Gasteiger partial charge is 0.385 e. The van der Waals surface area contributed by atoms with Crippen molar-refractivity contribution in [2.75, 3.05) is 25.6 Å². The number of aromatic nitrogens is 3. The van der Waals surface area contributed by atoms with Crippen molar-refractivity contribution in [2.45, 2.75) is 13.0 Å². The fourth-order valence-electron chi connectivity index (χ4n) is 1.82. The van der Waals surface area contributed by atoms with Crippen molar-refractivity contribution in [3.05, 3.63) is 40.1 Å². The molecule has 0 aliphatic heterocycles. The lowest BCUT2D eigenvalue weighted by Crippen LogP contribution is -2.30. The SMILES string of the molecule is COCCCNC(=S)Nc1ncn(Cc2ccc(Cl)cc2Cl)n1. The Labute approximate surface area is 150 Å². The van der Waals surface area contributed by atoms with Crippen LogP contribution in [0, 0.1) is 0 Å². The van der Waals surface area contributed by atoms with Gasteiger partial charge in [0.05, 0.1) is 6.54 Å². The van der Waals surface area contributed by atoms with E-state index < -0.39 is 0 Å². The molecule has 0 unspecified atom stereocenters. The first-order valence-corrected chi connectivity index (χ1v) is 8.12. The Bertz CT molecular complexity index is 664. The van der Waals surface area contributed by atoms with Crippen molar-refractivity contribution in [1.29, 1.82) is 0 Å². The maximum Gasteiger partial charge on any atom is 0.248 e. The summed E-state index contributed by atoms with van der Waals surface area (Å²) in [5.41, 5.74) is 0.910. The van der Waals surface area contributed by atoms with Crippen molar-refractivity contribution in [3.8, 4) is 0 Å². The normalized spacial score (nSPS) is 10.6. The lowest BCUT2D eigenvalue weighted by atomic mass is 10.2. The number of ether oxygens (including phenoxy) is 1. The summed E-state index contributed by atoms with van der Waals surface area (Å²) in [5.74, 6) is 0.430. The fourth-order valence-corrected chi connectivity index (χ4v) is 2.48. The zero-order valence-electron chi connectivity index (χ0n) is 12.6. The summed E-state index contributed by atoms with van der Waals surface area (Å²) in [6.07, 6.45) is 2.48. The molecule has 1 heterocycles. The lowest BCUT2D eigenvalue weighted by molar-refractivity contribution is 0.196. The number of anilines is 1. The molecular weight excluding hydrogens is 357 g/mol. The van der Waals surface area contributed by atoms with Gasteiger partial charge in [0.2, 0.25) is 5.95 Å². The number of nitrogens with one attached hydrogen (secondary N) is 2. The number of benzene rings is 1. The van der Waals surface area contributed by atoms with E-state index in [0.29, 0.717) is 34.3 Å². The molecule has 0 bridgehead atoms. The molecule has 0 aliphatic carbocycles. The highest BCUT2D eigenvalue weighted by Gasteiger charge is 2.06. The van der Waals surface area contributed by atoms with Crippen LogP contribution in [0.3, 0.4) is 0 Å². The monoisotopic (exact) mass is 373 g/mol. The van der Waals surface area contributed by atoms with Gasteiger partial charge in [-0.15, -0.1) is 5.10 Å². The van der Waals surface area contributed by atoms with Gasteiger partial charge in [0.15, 0.2) is 5.11 Å². The number of hydrogen-bond acceptors (Lipinski definition) is 4. The van der Waals surface area contributed by atoms with E-state index in [1.807, 2.05) is 6.07 Å². The molecule has 6 nitrogen and oxygen atoms in total. The molecule has 23 heavy (non-hydrogen) atoms. The van der Waals surface area contributed by atoms with Crippen LogP contribution in [0.4, 0.5) is 5.95 Å². The van der Waals surface area contributed by atoms with Gasteiger partial charge in [-0.3, -0.25) is 5.32 Å². The summed E-state index contributed by atoms with van der Waals surface area (Å²) in [7, 11) is 1.67. The molecule has 124 valence electrons. The van der Waals surface area contributed by atoms with Gasteiger partial charge >= 0.3 is 0 Å². The first-order valence-electron chi connectivity index (χ1n) is 6.95. The molecule has 2 aromatic rings. The minimum Gasteiger partial charge on any atom is -0.385 e. The summed E-state index contributed by atoms with van der Waals surface area (Å²) in [5, 5.41) is 12.0. The standard InChI is InChI=1S/C14H17Cl2N5OS/c1-22-6-2-5-17-14(23)19-13-18-9-21(20-13)8-10-3-4-11(15)7-12(10)16/h3-4,7,9H,2,5-6,8H2,1H3,(H2,17,19,20,23). The average molecular weight is 374 g/mol. The first kappa shape index (κ1) is 17.9. The molecular formula is C14H17Cl2N5OS. The maximum absolute atomic E-state index is 6.15. The Morgan fingerprint density at radius 1 is 1.39 bits per heavy atom. The van der Waals surface area contributed by atoms with Crippen LogP contribution in [0.1, 0.15) is 12.0 Å². The van der Waals surface area contributed by atoms with Crippen molar-refractivity contribution in [2.24, 2.45) is 0 Å².